The number of nitrogens with one attached hydrogen (secondary N) is 2. The Morgan fingerprint density at radius 2 is 1.85 bits per heavy atom. The summed E-state index contributed by atoms with van der Waals surface area (Å²) in [7, 11) is 0. The van der Waals surface area contributed by atoms with Gasteiger partial charge in [0, 0.05) is 6.20 Å². The van der Waals surface area contributed by atoms with Gasteiger partial charge in [-0.15, -0.1) is 0 Å². The van der Waals surface area contributed by atoms with Crippen molar-refractivity contribution in [3.63, 3.8) is 0 Å². The van der Waals surface area contributed by atoms with Gasteiger partial charge in [0.1, 0.15) is 5.56 Å². The van der Waals surface area contributed by atoms with Gasteiger partial charge in [-0.05, 0) is 37.0 Å². The summed E-state index contributed by atoms with van der Waals surface area (Å²) in [5, 5.41) is 3.04. The summed E-state index contributed by atoms with van der Waals surface area (Å²) in [6, 6.07) is 13.1. The Kier molecular flexibility index (Phi) is 3.14. The van der Waals surface area contributed by atoms with Crippen LogP contribution in [0, 0.1) is 0 Å². The predicted octanol–water partition coefficient (Wildman–Crippen LogP) is 2.18. The minimum absolute atomic E-state index is 0.162. The summed E-state index contributed by atoms with van der Waals surface area (Å²) in [6.07, 6.45) is 4.43. The first-order valence-electron chi connectivity index (χ1n) is 6.77. The highest BCUT2D eigenvalue weighted by molar-refractivity contribution is 5.94. The number of aromatic amines is 1. The lowest BCUT2D eigenvalue weighted by molar-refractivity contribution is 0.0821. The van der Waals surface area contributed by atoms with E-state index >= 15 is 0 Å². The highest BCUT2D eigenvalue weighted by atomic mass is 16.2. The molecule has 1 saturated carbocycles. The second kappa shape index (κ2) is 4.96. The maximum atomic E-state index is 12.3. The van der Waals surface area contributed by atoms with Gasteiger partial charge in [0.15, 0.2) is 0 Å². The largest absolute Gasteiger partial charge is 0.342 e. The smallest absolute Gasteiger partial charge is 0.260 e. The Hall–Kier alpha value is -2.36. The van der Waals surface area contributed by atoms with Crippen LogP contribution in [0.5, 0.6) is 0 Å². The molecule has 1 aromatic heterocycles. The number of pyridine rings is 1. The summed E-state index contributed by atoms with van der Waals surface area (Å²) >= 11 is 0. The molecule has 1 amide bonds. The molecule has 0 aliphatic heterocycles. The van der Waals surface area contributed by atoms with E-state index in [1.165, 1.54) is 6.20 Å². The molecule has 4 heteroatoms. The zero-order valence-electron chi connectivity index (χ0n) is 11.1. The van der Waals surface area contributed by atoms with E-state index in [1.54, 1.807) is 12.1 Å². The molecule has 2 aromatic rings. The number of hydrogen-bond donors (Lipinski definition) is 2. The SMILES string of the molecule is O=C(NC1(c2ccccc2)CCC1)c1ccc[nH]c1=O. The van der Waals surface area contributed by atoms with Crippen molar-refractivity contribution in [1.29, 1.82) is 0 Å². The predicted molar refractivity (Wildman–Crippen MR) is 76.5 cm³/mol. The lowest BCUT2D eigenvalue weighted by atomic mass is 9.71. The number of amides is 1. The standard InChI is InChI=1S/C16H16N2O2/c19-14-13(8-4-11-17-14)15(20)18-16(9-5-10-16)12-6-2-1-3-7-12/h1-4,6-8,11H,5,9-10H2,(H,17,19)(H,18,20). The van der Waals surface area contributed by atoms with E-state index in [1.807, 2.05) is 30.3 Å². The van der Waals surface area contributed by atoms with Crippen LogP contribution in [0.1, 0.15) is 35.2 Å². The molecule has 102 valence electrons. The van der Waals surface area contributed by atoms with Crippen LogP contribution in [0.25, 0.3) is 0 Å². The second-order valence-corrected chi connectivity index (χ2v) is 5.17. The highest BCUT2D eigenvalue weighted by Gasteiger charge is 2.40. The number of benzene rings is 1. The quantitative estimate of drug-likeness (QED) is 0.896. The fraction of sp³-hybridized carbons (Fsp3) is 0.250. The maximum Gasteiger partial charge on any atom is 0.260 e. The molecule has 0 spiro atoms. The summed E-state index contributed by atoms with van der Waals surface area (Å²) in [5.74, 6) is -0.310. The van der Waals surface area contributed by atoms with Crippen LogP contribution >= 0.6 is 0 Å². The average Bonchev–Trinajstić information content (AvgIpc) is 2.44. The Morgan fingerprint density at radius 3 is 2.45 bits per heavy atom. The summed E-state index contributed by atoms with van der Waals surface area (Å²) in [6.45, 7) is 0. The molecule has 3 rings (SSSR count). The molecule has 1 aromatic carbocycles. The first-order valence-corrected chi connectivity index (χ1v) is 6.77. The van der Waals surface area contributed by atoms with Crippen molar-refractivity contribution in [2.75, 3.05) is 0 Å². The third-order valence-corrected chi connectivity index (χ3v) is 3.95. The number of hydrogen-bond acceptors (Lipinski definition) is 2. The van der Waals surface area contributed by atoms with Crippen LogP contribution in [-0.4, -0.2) is 10.9 Å². The summed E-state index contributed by atoms with van der Waals surface area (Å²) in [5.41, 5.74) is 0.592. The number of aromatic nitrogens is 1. The lowest BCUT2D eigenvalue weighted by Gasteiger charge is -2.43. The van der Waals surface area contributed by atoms with Crippen molar-refractivity contribution in [1.82, 2.24) is 10.3 Å². The molecule has 1 aliphatic carbocycles. The van der Waals surface area contributed by atoms with Crippen molar-refractivity contribution in [2.24, 2.45) is 0 Å². The van der Waals surface area contributed by atoms with E-state index in [0.717, 1.165) is 24.8 Å². The number of carbonyl (C=O) groups excluding carboxylic acids is 1. The van der Waals surface area contributed by atoms with Gasteiger partial charge in [-0.3, -0.25) is 9.59 Å². The van der Waals surface area contributed by atoms with Crippen LogP contribution in [-0.2, 0) is 5.54 Å². The molecule has 1 fully saturated rings. The third-order valence-electron chi connectivity index (χ3n) is 3.95. The minimum Gasteiger partial charge on any atom is -0.342 e. The van der Waals surface area contributed by atoms with Crippen LogP contribution in [0.2, 0.25) is 0 Å². The molecule has 4 nitrogen and oxygen atoms in total. The molecule has 0 bridgehead atoms. The number of rotatable bonds is 3. The van der Waals surface area contributed by atoms with Gasteiger partial charge in [0.25, 0.3) is 11.5 Å². The van der Waals surface area contributed by atoms with Crippen molar-refractivity contribution in [2.45, 2.75) is 24.8 Å². The highest BCUT2D eigenvalue weighted by Crippen LogP contribution is 2.41. The Bertz CT molecular complexity index is 672. The molecule has 0 radical (unpaired) electrons. The van der Waals surface area contributed by atoms with E-state index in [9.17, 15) is 9.59 Å². The molecule has 0 unspecified atom stereocenters. The fourth-order valence-corrected chi connectivity index (χ4v) is 2.66. The van der Waals surface area contributed by atoms with E-state index in [0.29, 0.717) is 0 Å². The van der Waals surface area contributed by atoms with Crippen LogP contribution in [0.15, 0.2) is 53.5 Å². The molecular weight excluding hydrogens is 252 g/mol. The zero-order chi connectivity index (χ0) is 14.0. The van der Waals surface area contributed by atoms with Gasteiger partial charge >= 0.3 is 0 Å². The maximum absolute atomic E-state index is 12.3. The minimum atomic E-state index is -0.354. The molecule has 0 atom stereocenters. The van der Waals surface area contributed by atoms with Gasteiger partial charge in [0.2, 0.25) is 0 Å². The summed E-state index contributed by atoms with van der Waals surface area (Å²) in [4.78, 5) is 26.5. The molecule has 1 heterocycles. The topological polar surface area (TPSA) is 62.0 Å². The van der Waals surface area contributed by atoms with Gasteiger partial charge in [0.05, 0.1) is 5.54 Å². The fourth-order valence-electron chi connectivity index (χ4n) is 2.66. The van der Waals surface area contributed by atoms with Crippen molar-refractivity contribution in [3.05, 3.63) is 70.1 Å². The Balaban J connectivity index is 1.88. The lowest BCUT2D eigenvalue weighted by Crippen LogP contribution is -2.51. The molecule has 2 N–H and O–H groups in total. The van der Waals surface area contributed by atoms with Crippen LogP contribution < -0.4 is 10.9 Å². The van der Waals surface area contributed by atoms with Gasteiger partial charge in [-0.2, -0.15) is 0 Å². The molecular formula is C16H16N2O2. The monoisotopic (exact) mass is 268 g/mol. The number of carbonyl (C=O) groups is 1. The van der Waals surface area contributed by atoms with Crippen LogP contribution in [0.3, 0.4) is 0 Å². The van der Waals surface area contributed by atoms with Crippen LogP contribution in [0.4, 0.5) is 0 Å². The first-order chi connectivity index (χ1) is 9.71. The molecule has 0 saturated heterocycles. The third kappa shape index (κ3) is 2.13. The van der Waals surface area contributed by atoms with Crippen molar-refractivity contribution >= 4 is 5.91 Å². The second-order valence-electron chi connectivity index (χ2n) is 5.17. The Labute approximate surface area is 116 Å². The Morgan fingerprint density at radius 1 is 1.10 bits per heavy atom. The number of H-pyrrole nitrogens is 1. The van der Waals surface area contributed by atoms with E-state index in [-0.39, 0.29) is 22.6 Å². The van der Waals surface area contributed by atoms with E-state index in [2.05, 4.69) is 10.3 Å². The van der Waals surface area contributed by atoms with E-state index < -0.39 is 0 Å². The van der Waals surface area contributed by atoms with Gasteiger partial charge in [-0.25, -0.2) is 0 Å². The van der Waals surface area contributed by atoms with Crippen molar-refractivity contribution < 1.29 is 4.79 Å². The van der Waals surface area contributed by atoms with Gasteiger partial charge < -0.3 is 10.3 Å². The normalized spacial score (nSPS) is 16.2. The first kappa shape index (κ1) is 12.7. The van der Waals surface area contributed by atoms with Crippen molar-refractivity contribution in [3.8, 4) is 0 Å². The molecule has 20 heavy (non-hydrogen) atoms. The summed E-state index contributed by atoms with van der Waals surface area (Å²) < 4.78 is 0. The zero-order valence-corrected chi connectivity index (χ0v) is 11.1. The van der Waals surface area contributed by atoms with E-state index in [4.69, 9.17) is 0 Å². The molecule has 1 aliphatic rings. The van der Waals surface area contributed by atoms with Gasteiger partial charge in [-0.1, -0.05) is 30.3 Å². The average molecular weight is 268 g/mol.